The number of ether oxygens (including phenoxy) is 1. The largest absolute Gasteiger partial charge is 0.462 e. The molecule has 0 bridgehead atoms. The van der Waals surface area contributed by atoms with Crippen molar-refractivity contribution in [1.29, 1.82) is 0 Å². The number of aliphatic hydroxyl groups excluding tert-OH is 1. The Morgan fingerprint density at radius 1 is 0.833 bits per heavy atom. The molecular weight excluding hydrogens is 516 g/mol. The van der Waals surface area contributed by atoms with E-state index in [1.54, 1.807) is 12.5 Å². The van der Waals surface area contributed by atoms with Crippen LogP contribution < -0.4 is 0 Å². The molecule has 0 heterocycles. The van der Waals surface area contributed by atoms with E-state index in [1.165, 1.54) is 121 Å². The van der Waals surface area contributed by atoms with Gasteiger partial charge < -0.3 is 9.84 Å². The van der Waals surface area contributed by atoms with Crippen molar-refractivity contribution in [2.24, 2.45) is 35.5 Å². The molecule has 1 aromatic carbocycles. The summed E-state index contributed by atoms with van der Waals surface area (Å²) in [6.07, 6.45) is 25.9. The van der Waals surface area contributed by atoms with Crippen molar-refractivity contribution in [2.75, 3.05) is 13.2 Å². The number of carbonyl (C=O) groups excluding carboxylic acids is 1. The Morgan fingerprint density at radius 3 is 1.90 bits per heavy atom. The number of rotatable bonds is 15. The van der Waals surface area contributed by atoms with Gasteiger partial charge in [0.25, 0.3) is 0 Å². The number of hydrogen-bond donors (Lipinski definition) is 1. The monoisotopic (exact) mass is 578 g/mol. The van der Waals surface area contributed by atoms with Gasteiger partial charge in [-0.2, -0.15) is 0 Å². The Bertz CT molecular complexity index is 911. The highest BCUT2D eigenvalue weighted by Gasteiger charge is 2.32. The highest BCUT2D eigenvalue weighted by molar-refractivity contribution is 5.86. The lowest BCUT2D eigenvalue weighted by atomic mass is 9.67. The minimum atomic E-state index is -0.338. The average molecular weight is 579 g/mol. The standard InChI is InChI=1S/C39H62O3/c1-4-5-6-7-30-10-18-35(19-11-30)36-20-12-31(13-21-36)8-9-32-14-22-37(23-15-32)38-24-16-33(17-25-38)26-34(27-40)28-42-39(41)29(2)3/h10-11,18-19,31-34,36-38,40H,2,4-9,12-17,20-28H2,1,3H3. The van der Waals surface area contributed by atoms with E-state index in [0.717, 1.165) is 36.0 Å². The van der Waals surface area contributed by atoms with Gasteiger partial charge in [0.05, 0.1) is 6.61 Å². The fourth-order valence-corrected chi connectivity index (χ4v) is 8.62. The first-order chi connectivity index (χ1) is 20.4. The van der Waals surface area contributed by atoms with Crippen LogP contribution in [0.1, 0.15) is 146 Å². The minimum absolute atomic E-state index is 0.0620. The van der Waals surface area contributed by atoms with Gasteiger partial charge in [-0.3, -0.25) is 0 Å². The van der Waals surface area contributed by atoms with E-state index in [9.17, 15) is 9.90 Å². The fraction of sp³-hybridized carbons (Fsp3) is 0.769. The van der Waals surface area contributed by atoms with Gasteiger partial charge in [-0.05, 0) is 124 Å². The van der Waals surface area contributed by atoms with Crippen LogP contribution in [0.25, 0.3) is 0 Å². The molecule has 0 amide bonds. The Labute approximate surface area is 258 Å². The number of aryl methyl sites for hydroxylation is 1. The maximum absolute atomic E-state index is 11.7. The van der Waals surface area contributed by atoms with Gasteiger partial charge in [-0.15, -0.1) is 0 Å². The van der Waals surface area contributed by atoms with E-state index in [-0.39, 0.29) is 18.5 Å². The summed E-state index contributed by atoms with van der Waals surface area (Å²) in [5, 5.41) is 9.80. The summed E-state index contributed by atoms with van der Waals surface area (Å²) in [5.74, 6) is 4.99. The smallest absolute Gasteiger partial charge is 0.333 e. The highest BCUT2D eigenvalue weighted by Crippen LogP contribution is 2.44. The summed E-state index contributed by atoms with van der Waals surface area (Å²) in [7, 11) is 0. The fourth-order valence-electron chi connectivity index (χ4n) is 8.62. The van der Waals surface area contributed by atoms with Crippen molar-refractivity contribution >= 4 is 5.97 Å². The SMILES string of the molecule is C=C(C)C(=O)OCC(CO)CC1CCC(C2CCC(CCC3CCC(c4ccc(CCCCC)cc4)CC3)CC2)CC1. The molecule has 0 aliphatic heterocycles. The van der Waals surface area contributed by atoms with Crippen molar-refractivity contribution in [2.45, 2.75) is 142 Å². The van der Waals surface area contributed by atoms with E-state index >= 15 is 0 Å². The topological polar surface area (TPSA) is 46.5 Å². The second kappa shape index (κ2) is 17.6. The molecule has 3 heteroatoms. The molecule has 1 atom stereocenters. The average Bonchev–Trinajstić information content (AvgIpc) is 3.03. The van der Waals surface area contributed by atoms with Crippen molar-refractivity contribution < 1.29 is 14.6 Å². The third-order valence-corrected chi connectivity index (χ3v) is 11.5. The van der Waals surface area contributed by atoms with E-state index in [2.05, 4.69) is 37.8 Å². The van der Waals surface area contributed by atoms with Crippen molar-refractivity contribution in [1.82, 2.24) is 0 Å². The van der Waals surface area contributed by atoms with E-state index in [0.29, 0.717) is 18.1 Å². The zero-order valence-corrected chi connectivity index (χ0v) is 27.2. The number of benzene rings is 1. The summed E-state index contributed by atoms with van der Waals surface area (Å²) in [6.45, 7) is 8.02. The molecule has 3 nitrogen and oxygen atoms in total. The first kappa shape index (κ1) is 33.3. The summed E-state index contributed by atoms with van der Waals surface area (Å²) in [4.78, 5) is 11.7. The molecule has 0 spiro atoms. The molecule has 0 aromatic heterocycles. The van der Waals surface area contributed by atoms with Crippen LogP contribution >= 0.6 is 0 Å². The molecule has 1 unspecified atom stereocenters. The van der Waals surface area contributed by atoms with Gasteiger partial charge in [-0.1, -0.05) is 89.1 Å². The number of aliphatic hydroxyl groups is 1. The molecule has 3 aliphatic carbocycles. The molecule has 1 aromatic rings. The maximum atomic E-state index is 11.7. The number of carbonyl (C=O) groups is 1. The molecule has 3 saturated carbocycles. The predicted octanol–water partition coefficient (Wildman–Crippen LogP) is 10.2. The van der Waals surface area contributed by atoms with Crippen LogP contribution in [-0.2, 0) is 16.0 Å². The first-order valence-corrected chi connectivity index (χ1v) is 18.0. The van der Waals surface area contributed by atoms with Crippen LogP contribution in [0.5, 0.6) is 0 Å². The van der Waals surface area contributed by atoms with Crippen LogP contribution in [0.3, 0.4) is 0 Å². The van der Waals surface area contributed by atoms with E-state index in [1.807, 2.05) is 0 Å². The first-order valence-electron chi connectivity index (χ1n) is 18.0. The lowest BCUT2D eigenvalue weighted by Gasteiger charge is -2.39. The lowest BCUT2D eigenvalue weighted by molar-refractivity contribution is -0.140. The Kier molecular flexibility index (Phi) is 14.0. The summed E-state index contributed by atoms with van der Waals surface area (Å²) in [6, 6.07) is 9.68. The second-order valence-corrected chi connectivity index (χ2v) is 14.7. The zero-order chi connectivity index (χ0) is 29.7. The molecule has 42 heavy (non-hydrogen) atoms. The van der Waals surface area contributed by atoms with Crippen LogP contribution in [0.15, 0.2) is 36.4 Å². The van der Waals surface area contributed by atoms with Crippen LogP contribution in [-0.4, -0.2) is 24.3 Å². The third-order valence-electron chi connectivity index (χ3n) is 11.5. The van der Waals surface area contributed by atoms with Crippen LogP contribution in [0.4, 0.5) is 0 Å². The lowest BCUT2D eigenvalue weighted by Crippen LogP contribution is -2.28. The maximum Gasteiger partial charge on any atom is 0.333 e. The molecule has 236 valence electrons. The Balaban J connectivity index is 1.07. The number of unbranched alkanes of at least 4 members (excludes halogenated alkanes) is 2. The minimum Gasteiger partial charge on any atom is -0.462 e. The summed E-state index contributed by atoms with van der Waals surface area (Å²) < 4.78 is 5.32. The van der Waals surface area contributed by atoms with Gasteiger partial charge in [0.15, 0.2) is 0 Å². The number of esters is 1. The van der Waals surface area contributed by atoms with Crippen LogP contribution in [0, 0.1) is 35.5 Å². The molecule has 1 N–H and O–H groups in total. The van der Waals surface area contributed by atoms with Crippen molar-refractivity contribution in [3.63, 3.8) is 0 Å². The Hall–Kier alpha value is -1.61. The predicted molar refractivity (Wildman–Crippen MR) is 175 cm³/mol. The van der Waals surface area contributed by atoms with Crippen molar-refractivity contribution in [3.8, 4) is 0 Å². The van der Waals surface area contributed by atoms with Gasteiger partial charge in [0, 0.05) is 18.1 Å². The Morgan fingerprint density at radius 2 is 1.38 bits per heavy atom. The molecule has 3 aliphatic rings. The molecule has 0 saturated heterocycles. The summed E-state index contributed by atoms with van der Waals surface area (Å²) in [5.41, 5.74) is 3.55. The van der Waals surface area contributed by atoms with Gasteiger partial charge >= 0.3 is 5.97 Å². The second-order valence-electron chi connectivity index (χ2n) is 14.7. The van der Waals surface area contributed by atoms with Crippen LogP contribution in [0.2, 0.25) is 0 Å². The number of hydrogen-bond acceptors (Lipinski definition) is 3. The molecular formula is C39H62O3. The van der Waals surface area contributed by atoms with E-state index in [4.69, 9.17) is 4.74 Å². The normalized spacial score (nSPS) is 29.1. The zero-order valence-electron chi connectivity index (χ0n) is 27.2. The van der Waals surface area contributed by atoms with Gasteiger partial charge in [0.2, 0.25) is 0 Å². The van der Waals surface area contributed by atoms with Gasteiger partial charge in [0.1, 0.15) is 0 Å². The highest BCUT2D eigenvalue weighted by atomic mass is 16.5. The molecule has 0 radical (unpaired) electrons. The van der Waals surface area contributed by atoms with E-state index < -0.39 is 0 Å². The van der Waals surface area contributed by atoms with Crippen molar-refractivity contribution in [3.05, 3.63) is 47.5 Å². The summed E-state index contributed by atoms with van der Waals surface area (Å²) >= 11 is 0. The molecule has 4 rings (SSSR count). The van der Waals surface area contributed by atoms with Gasteiger partial charge in [-0.25, -0.2) is 4.79 Å². The quantitative estimate of drug-likeness (QED) is 0.128. The molecule has 3 fully saturated rings. The third kappa shape index (κ3) is 10.5.